The minimum atomic E-state index is -3.89. The maximum atomic E-state index is 14.1. The first-order valence-corrected chi connectivity index (χ1v) is 15.9. The van der Waals surface area contributed by atoms with E-state index in [0.29, 0.717) is 28.6 Å². The van der Waals surface area contributed by atoms with Crippen LogP contribution in [0.5, 0.6) is 0 Å². The van der Waals surface area contributed by atoms with Gasteiger partial charge in [-0.05, 0) is 86.1 Å². The summed E-state index contributed by atoms with van der Waals surface area (Å²) in [6.45, 7) is 6.76. The Hall–Kier alpha value is -3.54. The number of hydrogen-bond donors (Lipinski definition) is 1. The van der Waals surface area contributed by atoms with Crippen molar-refractivity contribution in [2.75, 3.05) is 18.0 Å². The lowest BCUT2D eigenvalue weighted by Crippen LogP contribution is -2.45. The Morgan fingerprint density at radius 1 is 1.14 bits per heavy atom. The van der Waals surface area contributed by atoms with Crippen molar-refractivity contribution >= 4 is 39.1 Å². The Morgan fingerprint density at radius 3 is 2.74 bits per heavy atom. The largest absolute Gasteiger partial charge is 0.481 e. The van der Waals surface area contributed by atoms with Gasteiger partial charge in [0.2, 0.25) is 10.0 Å². The lowest BCUT2D eigenvalue weighted by Gasteiger charge is -2.36. The quantitative estimate of drug-likeness (QED) is 0.329. The number of anilines is 1. The number of carboxylic acid groups (broad SMARTS) is 1. The maximum absolute atomic E-state index is 14.1. The molecule has 0 saturated carbocycles. The van der Waals surface area contributed by atoms with Gasteiger partial charge in [0, 0.05) is 49.0 Å². The zero-order chi connectivity index (χ0) is 29.8. The van der Waals surface area contributed by atoms with Crippen molar-refractivity contribution in [3.63, 3.8) is 0 Å². The lowest BCUT2D eigenvalue weighted by atomic mass is 9.86. The molecule has 0 radical (unpaired) electrons. The fraction of sp³-hybridized carbons (Fsp3) is 0.400. The molecule has 3 aromatic heterocycles. The highest BCUT2D eigenvalue weighted by atomic mass is 35.5. The summed E-state index contributed by atoms with van der Waals surface area (Å²) in [5, 5.41) is 18.7. The first-order chi connectivity index (χ1) is 20.0. The van der Waals surface area contributed by atoms with Gasteiger partial charge in [0.15, 0.2) is 5.65 Å². The number of sulfonamides is 1. The number of halogens is 1. The molecule has 1 aromatic carbocycles. The number of aromatic nitrogens is 4. The first-order valence-electron chi connectivity index (χ1n) is 14.1. The van der Waals surface area contributed by atoms with Crippen LogP contribution in [0.4, 0.5) is 5.82 Å². The second-order valence-electron chi connectivity index (χ2n) is 11.3. The van der Waals surface area contributed by atoms with Gasteiger partial charge < -0.3 is 10.0 Å². The number of carboxylic acids is 1. The molecule has 2 aliphatic heterocycles. The van der Waals surface area contributed by atoms with Gasteiger partial charge in [-0.3, -0.25) is 9.20 Å². The van der Waals surface area contributed by atoms with Gasteiger partial charge in [-0.1, -0.05) is 23.7 Å². The SMILES string of the molecule is Cc1cnc2c(c1)S(=O)(=O)N(Cc1cc(C(CC(=O)O)c3ccn4c(C)nnc4c3C)ccc1Cl)CC1CCCCN21. The molecule has 0 amide bonds. The maximum Gasteiger partial charge on any atom is 0.304 e. The molecule has 1 saturated heterocycles. The van der Waals surface area contributed by atoms with Crippen molar-refractivity contribution < 1.29 is 18.3 Å². The molecule has 1 N–H and O–H groups in total. The summed E-state index contributed by atoms with van der Waals surface area (Å²) >= 11 is 6.70. The molecule has 12 heteroatoms. The van der Waals surface area contributed by atoms with Crippen LogP contribution < -0.4 is 4.90 Å². The van der Waals surface area contributed by atoms with E-state index in [1.807, 2.05) is 49.6 Å². The number of benzene rings is 1. The van der Waals surface area contributed by atoms with Crippen LogP contribution in [0, 0.1) is 20.8 Å². The van der Waals surface area contributed by atoms with Crippen LogP contribution in [0.3, 0.4) is 0 Å². The van der Waals surface area contributed by atoms with Crippen molar-refractivity contribution in [1.82, 2.24) is 23.9 Å². The average molecular weight is 609 g/mol. The molecule has 0 bridgehead atoms. The van der Waals surface area contributed by atoms with Gasteiger partial charge in [0.1, 0.15) is 16.5 Å². The summed E-state index contributed by atoms with van der Waals surface area (Å²) in [7, 11) is -3.89. The molecule has 6 rings (SSSR count). The molecular weight excluding hydrogens is 576 g/mol. The third-order valence-corrected chi connectivity index (χ3v) is 10.7. The summed E-state index contributed by atoms with van der Waals surface area (Å²) in [5.74, 6) is -0.183. The van der Waals surface area contributed by atoms with E-state index >= 15 is 0 Å². The van der Waals surface area contributed by atoms with Crippen molar-refractivity contribution in [2.24, 2.45) is 0 Å². The Labute approximate surface area is 250 Å². The number of nitrogens with zero attached hydrogens (tertiary/aromatic N) is 6. The standard InChI is InChI=1S/C30H33ClN6O4S/c1-18-12-27-30(32-15-18)37-10-5-4-6-23(37)17-35(42(27,40)41)16-22-13-21(7-8-26(22)31)25(14-28(38)39)24-9-11-36-20(3)33-34-29(36)19(24)2/h7-9,11-13,15,23,25H,4-6,10,14,16-17H2,1-3H3,(H,38,39). The van der Waals surface area contributed by atoms with E-state index in [9.17, 15) is 18.3 Å². The predicted molar refractivity (Wildman–Crippen MR) is 160 cm³/mol. The van der Waals surface area contributed by atoms with Gasteiger partial charge in [-0.15, -0.1) is 10.2 Å². The number of hydrogen-bond acceptors (Lipinski definition) is 7. The van der Waals surface area contributed by atoms with E-state index < -0.39 is 21.9 Å². The second-order valence-corrected chi connectivity index (χ2v) is 13.6. The molecule has 42 heavy (non-hydrogen) atoms. The zero-order valence-corrected chi connectivity index (χ0v) is 25.4. The molecule has 10 nitrogen and oxygen atoms in total. The summed E-state index contributed by atoms with van der Waals surface area (Å²) in [6.07, 6.45) is 6.31. The highest BCUT2D eigenvalue weighted by Gasteiger charge is 2.39. The highest BCUT2D eigenvalue weighted by Crippen LogP contribution is 2.38. The Bertz CT molecular complexity index is 1810. The van der Waals surface area contributed by atoms with E-state index in [1.165, 1.54) is 4.31 Å². The molecule has 220 valence electrons. The van der Waals surface area contributed by atoms with Crippen molar-refractivity contribution in [1.29, 1.82) is 0 Å². The summed E-state index contributed by atoms with van der Waals surface area (Å²) in [5.41, 5.74) is 4.47. The summed E-state index contributed by atoms with van der Waals surface area (Å²) in [4.78, 5) is 19.0. The average Bonchev–Trinajstić information content (AvgIpc) is 3.30. The van der Waals surface area contributed by atoms with Crippen molar-refractivity contribution in [3.8, 4) is 0 Å². The minimum Gasteiger partial charge on any atom is -0.481 e. The number of pyridine rings is 2. The third-order valence-electron chi connectivity index (χ3n) is 8.51. The lowest BCUT2D eigenvalue weighted by molar-refractivity contribution is -0.137. The number of fused-ring (bicyclic) bond motifs is 4. The number of aliphatic carboxylic acids is 1. The fourth-order valence-corrected chi connectivity index (χ4v) is 8.19. The highest BCUT2D eigenvalue weighted by molar-refractivity contribution is 7.89. The van der Waals surface area contributed by atoms with Crippen LogP contribution in [0.1, 0.15) is 65.2 Å². The number of aryl methyl sites for hydroxylation is 3. The molecule has 5 heterocycles. The molecule has 0 spiro atoms. The summed E-state index contributed by atoms with van der Waals surface area (Å²) in [6, 6.07) is 9.02. The first kappa shape index (κ1) is 28.6. The topological polar surface area (TPSA) is 121 Å². The number of carbonyl (C=O) groups is 1. The molecular formula is C30H33ClN6O4S. The van der Waals surface area contributed by atoms with E-state index in [0.717, 1.165) is 53.9 Å². The van der Waals surface area contributed by atoms with Crippen molar-refractivity contribution in [3.05, 3.63) is 81.4 Å². The van der Waals surface area contributed by atoms with Crippen LogP contribution >= 0.6 is 11.6 Å². The summed E-state index contributed by atoms with van der Waals surface area (Å²) < 4.78 is 31.6. The molecule has 1 fully saturated rings. The van der Waals surface area contributed by atoms with E-state index in [-0.39, 0.29) is 23.9 Å². The zero-order valence-electron chi connectivity index (χ0n) is 23.8. The molecule has 2 atom stereocenters. The molecule has 0 aliphatic carbocycles. The fourth-order valence-electron chi connectivity index (χ4n) is 6.33. The third kappa shape index (κ3) is 5.03. The second kappa shape index (κ2) is 10.9. The Balaban J connectivity index is 1.41. The number of rotatable bonds is 6. The van der Waals surface area contributed by atoms with Gasteiger partial charge in [0.05, 0.1) is 6.42 Å². The predicted octanol–water partition coefficient (Wildman–Crippen LogP) is 4.87. The van der Waals surface area contributed by atoms with E-state index in [1.54, 1.807) is 18.3 Å². The number of piperidine rings is 1. The van der Waals surface area contributed by atoms with Gasteiger partial charge in [-0.25, -0.2) is 13.4 Å². The van der Waals surface area contributed by atoms with Crippen LogP contribution in [0.15, 0.2) is 47.6 Å². The Morgan fingerprint density at radius 2 is 1.95 bits per heavy atom. The van der Waals surface area contributed by atoms with Gasteiger partial charge in [-0.2, -0.15) is 4.31 Å². The monoisotopic (exact) mass is 608 g/mol. The smallest absolute Gasteiger partial charge is 0.304 e. The van der Waals surface area contributed by atoms with E-state index in [2.05, 4.69) is 20.1 Å². The van der Waals surface area contributed by atoms with Gasteiger partial charge >= 0.3 is 5.97 Å². The van der Waals surface area contributed by atoms with Crippen LogP contribution in [0.2, 0.25) is 5.02 Å². The van der Waals surface area contributed by atoms with Crippen LogP contribution in [-0.2, 0) is 21.4 Å². The normalized spacial score (nSPS) is 19.2. The van der Waals surface area contributed by atoms with Gasteiger partial charge in [0.25, 0.3) is 0 Å². The minimum absolute atomic E-state index is 0.00712. The Kier molecular flexibility index (Phi) is 7.44. The molecule has 2 unspecified atom stereocenters. The van der Waals surface area contributed by atoms with Crippen LogP contribution in [-0.4, -0.2) is 62.5 Å². The van der Waals surface area contributed by atoms with E-state index in [4.69, 9.17) is 11.6 Å². The molecule has 2 aliphatic rings. The van der Waals surface area contributed by atoms with Crippen LogP contribution in [0.25, 0.3) is 5.65 Å². The van der Waals surface area contributed by atoms with Crippen molar-refractivity contribution in [2.45, 2.75) is 69.9 Å². The molecule has 4 aromatic rings.